The molecular weight excluding hydrogens is 170 g/mol. The molecule has 0 saturated carbocycles. The molecule has 5 heteroatoms. The van der Waals surface area contributed by atoms with Crippen molar-refractivity contribution in [3.05, 3.63) is 11.9 Å². The number of carbonyl (C=O) groups is 1. The van der Waals surface area contributed by atoms with Gasteiger partial charge in [-0.1, -0.05) is 6.92 Å². The lowest BCUT2D eigenvalue weighted by Crippen LogP contribution is -2.06. The molecule has 1 atom stereocenters. The molecular formula is C8H13N3O2. The Balaban J connectivity index is 3.01. The molecule has 72 valence electrons. The SMILES string of the molecule is CCC(C)n1cc(N)c(C(=O)O)n1. The van der Waals surface area contributed by atoms with Crippen molar-refractivity contribution in [2.45, 2.75) is 26.3 Å². The zero-order chi connectivity index (χ0) is 10.0. The Morgan fingerprint density at radius 3 is 2.85 bits per heavy atom. The average Bonchev–Trinajstić information content (AvgIpc) is 2.46. The van der Waals surface area contributed by atoms with Crippen LogP contribution in [0.4, 0.5) is 5.69 Å². The van der Waals surface area contributed by atoms with Gasteiger partial charge in [-0.05, 0) is 13.3 Å². The van der Waals surface area contributed by atoms with E-state index < -0.39 is 5.97 Å². The molecule has 0 aliphatic heterocycles. The summed E-state index contributed by atoms with van der Waals surface area (Å²) in [4.78, 5) is 10.6. The van der Waals surface area contributed by atoms with Gasteiger partial charge in [-0.25, -0.2) is 4.79 Å². The maximum absolute atomic E-state index is 10.6. The van der Waals surface area contributed by atoms with E-state index in [0.717, 1.165) is 6.42 Å². The van der Waals surface area contributed by atoms with Gasteiger partial charge in [0.15, 0.2) is 5.69 Å². The van der Waals surface area contributed by atoms with E-state index in [1.165, 1.54) is 0 Å². The van der Waals surface area contributed by atoms with Crippen molar-refractivity contribution in [3.8, 4) is 0 Å². The molecule has 1 heterocycles. The third kappa shape index (κ3) is 1.80. The molecule has 0 aromatic carbocycles. The number of rotatable bonds is 3. The second-order valence-corrected chi connectivity index (χ2v) is 2.98. The Bertz CT molecular complexity index is 319. The van der Waals surface area contributed by atoms with E-state index in [0.29, 0.717) is 0 Å². The van der Waals surface area contributed by atoms with Crippen LogP contribution >= 0.6 is 0 Å². The molecule has 0 aliphatic rings. The number of nitrogens with two attached hydrogens (primary N) is 1. The first kappa shape index (κ1) is 9.57. The monoisotopic (exact) mass is 183 g/mol. The van der Waals surface area contributed by atoms with Crippen molar-refractivity contribution in [1.82, 2.24) is 9.78 Å². The minimum atomic E-state index is -1.08. The van der Waals surface area contributed by atoms with E-state index in [1.54, 1.807) is 10.9 Å². The molecule has 0 radical (unpaired) electrons. The predicted octanol–water partition coefficient (Wildman–Crippen LogP) is 1.13. The molecule has 1 aromatic rings. The molecule has 13 heavy (non-hydrogen) atoms. The van der Waals surface area contributed by atoms with E-state index >= 15 is 0 Å². The number of hydrogen-bond acceptors (Lipinski definition) is 3. The van der Waals surface area contributed by atoms with Gasteiger partial charge in [0.25, 0.3) is 0 Å². The largest absolute Gasteiger partial charge is 0.476 e. The average molecular weight is 183 g/mol. The van der Waals surface area contributed by atoms with Gasteiger partial charge in [0.2, 0.25) is 0 Å². The number of anilines is 1. The molecule has 1 rings (SSSR count). The molecule has 0 saturated heterocycles. The maximum Gasteiger partial charge on any atom is 0.358 e. The van der Waals surface area contributed by atoms with Crippen LogP contribution in [0.1, 0.15) is 36.8 Å². The first-order chi connectivity index (χ1) is 6.06. The van der Waals surface area contributed by atoms with Crippen LogP contribution in [0.5, 0.6) is 0 Å². The molecule has 1 aromatic heterocycles. The van der Waals surface area contributed by atoms with Crippen molar-refractivity contribution in [3.63, 3.8) is 0 Å². The van der Waals surface area contributed by atoms with Crippen LogP contribution in [0.3, 0.4) is 0 Å². The first-order valence-electron chi connectivity index (χ1n) is 4.14. The summed E-state index contributed by atoms with van der Waals surface area (Å²) >= 11 is 0. The zero-order valence-corrected chi connectivity index (χ0v) is 7.69. The van der Waals surface area contributed by atoms with Gasteiger partial charge < -0.3 is 10.8 Å². The fraction of sp³-hybridized carbons (Fsp3) is 0.500. The normalized spacial score (nSPS) is 12.8. The fourth-order valence-electron chi connectivity index (χ4n) is 0.985. The topological polar surface area (TPSA) is 81.1 Å². The molecule has 3 N–H and O–H groups in total. The summed E-state index contributed by atoms with van der Waals surface area (Å²) in [5, 5.41) is 12.5. The summed E-state index contributed by atoms with van der Waals surface area (Å²) < 4.78 is 1.58. The van der Waals surface area contributed by atoms with Gasteiger partial charge in [-0.2, -0.15) is 5.10 Å². The number of aromatic carboxylic acids is 1. The van der Waals surface area contributed by atoms with Crippen molar-refractivity contribution in [1.29, 1.82) is 0 Å². The highest BCUT2D eigenvalue weighted by Crippen LogP contribution is 2.15. The third-order valence-electron chi connectivity index (χ3n) is 2.01. The lowest BCUT2D eigenvalue weighted by molar-refractivity contribution is 0.0690. The second kappa shape index (κ2) is 3.47. The van der Waals surface area contributed by atoms with Crippen LogP contribution in [0.25, 0.3) is 0 Å². The Morgan fingerprint density at radius 2 is 2.46 bits per heavy atom. The highest BCUT2D eigenvalue weighted by molar-refractivity contribution is 5.91. The summed E-state index contributed by atoms with van der Waals surface area (Å²) in [6, 6.07) is 0.176. The predicted molar refractivity (Wildman–Crippen MR) is 48.6 cm³/mol. The zero-order valence-electron chi connectivity index (χ0n) is 7.69. The van der Waals surface area contributed by atoms with Gasteiger partial charge in [0, 0.05) is 12.2 Å². The van der Waals surface area contributed by atoms with Crippen LogP contribution < -0.4 is 5.73 Å². The minimum absolute atomic E-state index is 0.0692. The summed E-state index contributed by atoms with van der Waals surface area (Å²) in [6.45, 7) is 3.96. The van der Waals surface area contributed by atoms with Crippen LogP contribution in [0.2, 0.25) is 0 Å². The number of hydrogen-bond donors (Lipinski definition) is 2. The third-order valence-corrected chi connectivity index (χ3v) is 2.01. The van der Waals surface area contributed by atoms with Crippen LogP contribution in [-0.2, 0) is 0 Å². The molecule has 0 spiro atoms. The number of nitrogens with zero attached hydrogens (tertiary/aromatic N) is 2. The van der Waals surface area contributed by atoms with Gasteiger partial charge in [0.05, 0.1) is 5.69 Å². The summed E-state index contributed by atoms with van der Waals surface area (Å²) in [6.07, 6.45) is 2.44. The molecule has 5 nitrogen and oxygen atoms in total. The minimum Gasteiger partial charge on any atom is -0.476 e. The highest BCUT2D eigenvalue weighted by atomic mass is 16.4. The Hall–Kier alpha value is -1.52. The summed E-state index contributed by atoms with van der Waals surface area (Å²) in [5.74, 6) is -1.08. The van der Waals surface area contributed by atoms with Gasteiger partial charge in [-0.15, -0.1) is 0 Å². The quantitative estimate of drug-likeness (QED) is 0.736. The molecule has 0 aliphatic carbocycles. The van der Waals surface area contributed by atoms with Crippen molar-refractivity contribution >= 4 is 11.7 Å². The summed E-state index contributed by atoms with van der Waals surface area (Å²) in [7, 11) is 0. The molecule has 1 unspecified atom stereocenters. The van der Waals surface area contributed by atoms with Crippen molar-refractivity contribution in [2.75, 3.05) is 5.73 Å². The van der Waals surface area contributed by atoms with E-state index in [9.17, 15) is 4.79 Å². The lowest BCUT2D eigenvalue weighted by atomic mass is 10.3. The number of aromatic nitrogens is 2. The van der Waals surface area contributed by atoms with Gasteiger partial charge >= 0.3 is 5.97 Å². The van der Waals surface area contributed by atoms with Crippen LogP contribution in [0.15, 0.2) is 6.20 Å². The number of carboxylic acids is 1. The van der Waals surface area contributed by atoms with Gasteiger partial charge in [-0.3, -0.25) is 4.68 Å². The van der Waals surface area contributed by atoms with Crippen LogP contribution in [0, 0.1) is 0 Å². The summed E-state index contributed by atoms with van der Waals surface area (Å²) in [5.41, 5.74) is 5.62. The van der Waals surface area contributed by atoms with Crippen LogP contribution in [-0.4, -0.2) is 20.9 Å². The molecule has 0 fully saturated rings. The Morgan fingerprint density at radius 1 is 1.85 bits per heavy atom. The maximum atomic E-state index is 10.6. The smallest absolute Gasteiger partial charge is 0.358 e. The van der Waals surface area contributed by atoms with Crippen molar-refractivity contribution < 1.29 is 9.90 Å². The second-order valence-electron chi connectivity index (χ2n) is 2.98. The fourth-order valence-corrected chi connectivity index (χ4v) is 0.985. The lowest BCUT2D eigenvalue weighted by Gasteiger charge is -2.07. The molecule has 0 amide bonds. The first-order valence-corrected chi connectivity index (χ1v) is 4.14. The standard InChI is InChI=1S/C8H13N3O2/c1-3-5(2)11-4-6(9)7(10-11)8(12)13/h4-5H,3,9H2,1-2H3,(H,12,13). The van der Waals surface area contributed by atoms with E-state index in [4.69, 9.17) is 10.8 Å². The number of carboxylic acid groups (broad SMARTS) is 1. The van der Waals surface area contributed by atoms with E-state index in [2.05, 4.69) is 5.10 Å². The Kier molecular flexibility index (Phi) is 2.55. The molecule has 0 bridgehead atoms. The van der Waals surface area contributed by atoms with Gasteiger partial charge in [0.1, 0.15) is 0 Å². The van der Waals surface area contributed by atoms with E-state index in [-0.39, 0.29) is 17.4 Å². The van der Waals surface area contributed by atoms with Crippen molar-refractivity contribution in [2.24, 2.45) is 0 Å². The van der Waals surface area contributed by atoms with E-state index in [1.807, 2.05) is 13.8 Å². The highest BCUT2D eigenvalue weighted by Gasteiger charge is 2.14. The number of nitrogen functional groups attached to an aromatic ring is 1. The Labute approximate surface area is 76.2 Å².